The molecule has 1 unspecified atom stereocenters. The molecule has 25 atom stereocenters. The molecule has 7 rings (SSSR count). The molecular formula is C49H84O19. The molecule has 3 saturated carbocycles. The van der Waals surface area contributed by atoms with Crippen molar-refractivity contribution >= 4 is 0 Å². The first-order valence-electron chi connectivity index (χ1n) is 25.0. The molecule has 0 aromatic heterocycles. The van der Waals surface area contributed by atoms with Gasteiger partial charge in [-0.15, -0.1) is 0 Å². The predicted molar refractivity (Wildman–Crippen MR) is 240 cm³/mol. The maximum atomic E-state index is 12.1. The number of hydrogen-bond donors (Lipinski definition) is 13. The second-order valence-electron chi connectivity index (χ2n) is 23.5. The van der Waals surface area contributed by atoms with Crippen molar-refractivity contribution in [2.45, 2.75) is 229 Å². The third-order valence-corrected chi connectivity index (χ3v) is 19.0. The molecule has 7 aliphatic rings. The van der Waals surface area contributed by atoms with Crippen LogP contribution in [0.15, 0.2) is 11.6 Å². The van der Waals surface area contributed by atoms with Gasteiger partial charge in [-0.2, -0.15) is 0 Å². The molecule has 0 amide bonds. The zero-order valence-corrected chi connectivity index (χ0v) is 41.0. The highest BCUT2D eigenvalue weighted by Crippen LogP contribution is 2.75. The van der Waals surface area contributed by atoms with E-state index in [-0.39, 0.29) is 46.0 Å². The van der Waals surface area contributed by atoms with Crippen molar-refractivity contribution in [3.8, 4) is 0 Å². The van der Waals surface area contributed by atoms with E-state index < -0.39 is 135 Å². The summed E-state index contributed by atoms with van der Waals surface area (Å²) < 4.78 is 35.4. The van der Waals surface area contributed by atoms with Gasteiger partial charge in [0.1, 0.15) is 73.2 Å². The van der Waals surface area contributed by atoms with Gasteiger partial charge in [-0.05, 0) is 112 Å². The van der Waals surface area contributed by atoms with Gasteiger partial charge < -0.3 is 94.8 Å². The topological polar surface area (TPSA) is 318 Å². The summed E-state index contributed by atoms with van der Waals surface area (Å²) in [6.07, 6.45) is -15.7. The Morgan fingerprint density at radius 3 is 1.81 bits per heavy atom. The molecule has 0 aromatic rings. The summed E-state index contributed by atoms with van der Waals surface area (Å²) in [4.78, 5) is 0. The zero-order valence-electron chi connectivity index (χ0n) is 41.0. The second kappa shape index (κ2) is 20.4. The Hall–Kier alpha value is -1.02. The van der Waals surface area contributed by atoms with E-state index in [1.165, 1.54) is 5.57 Å². The molecule has 4 aliphatic carbocycles. The molecule has 0 spiro atoms. The van der Waals surface area contributed by atoms with E-state index in [1.54, 1.807) is 13.8 Å². The summed E-state index contributed by atoms with van der Waals surface area (Å²) in [5, 5.41) is 138. The van der Waals surface area contributed by atoms with Gasteiger partial charge >= 0.3 is 0 Å². The average molecular weight is 977 g/mol. The van der Waals surface area contributed by atoms with Crippen LogP contribution in [0.3, 0.4) is 0 Å². The minimum absolute atomic E-state index is 0.107. The zero-order chi connectivity index (χ0) is 50.2. The van der Waals surface area contributed by atoms with Crippen molar-refractivity contribution < 1.29 is 94.8 Å². The number of allylic oxidation sites excluding steroid dienone is 1. The minimum Gasteiger partial charge on any atom is -0.394 e. The number of hydrogen-bond acceptors (Lipinski definition) is 19. The standard InChI is InChI=1S/C49H84O19/c1-22(9-11-32(46(4,5)62)68-44-41(61)38(58)35(55)30(66-44)21-63-42-39(59)36(56)33(53)28(19-50)64-42)25-14-16-49(8)47(6)15-13-26-24(27(47)17-23(52)18-48(25,49)7)10-12-31(45(26,2)3)67-43-40(60)37(57)34(54)29(20-51)65-43/h13,22-25,27-44,50-62H,9-12,14-21H2,1-8H3/t22-,23?,24-,25-,27-,28-,29-,30-,31+,32-,33-,34-,35-,36+,37+,38+,39-,40-,41-,42-,43+,44+,47-,48-,49+/m1/s1. The van der Waals surface area contributed by atoms with Gasteiger partial charge in [0, 0.05) is 5.41 Å². The Balaban J connectivity index is 1.03. The Kier molecular flexibility index (Phi) is 16.4. The smallest absolute Gasteiger partial charge is 0.187 e. The third kappa shape index (κ3) is 9.54. The van der Waals surface area contributed by atoms with Gasteiger partial charge in [0.25, 0.3) is 0 Å². The molecule has 6 fully saturated rings. The van der Waals surface area contributed by atoms with E-state index >= 15 is 0 Å². The Labute approximate surface area is 400 Å². The normalized spacial score (nSPS) is 50.6. The van der Waals surface area contributed by atoms with E-state index in [2.05, 4.69) is 47.6 Å². The number of aliphatic hydroxyl groups is 13. The van der Waals surface area contributed by atoms with Crippen molar-refractivity contribution in [2.75, 3.05) is 19.8 Å². The van der Waals surface area contributed by atoms with Crippen LogP contribution in [0.2, 0.25) is 0 Å². The fraction of sp³-hybridized carbons (Fsp3) is 0.959. The van der Waals surface area contributed by atoms with E-state index in [1.807, 2.05) is 0 Å². The second-order valence-corrected chi connectivity index (χ2v) is 23.5. The monoisotopic (exact) mass is 977 g/mol. The first-order chi connectivity index (χ1) is 31.7. The summed E-state index contributed by atoms with van der Waals surface area (Å²) in [5.74, 6) is 0.642. The Bertz CT molecular complexity index is 1730. The van der Waals surface area contributed by atoms with Crippen molar-refractivity contribution in [3.63, 3.8) is 0 Å². The molecule has 0 radical (unpaired) electrons. The van der Waals surface area contributed by atoms with Crippen LogP contribution in [0.1, 0.15) is 113 Å². The van der Waals surface area contributed by atoms with Crippen LogP contribution in [0.25, 0.3) is 0 Å². The predicted octanol–water partition coefficient (Wildman–Crippen LogP) is -0.666. The van der Waals surface area contributed by atoms with Gasteiger partial charge in [-0.3, -0.25) is 0 Å². The van der Waals surface area contributed by atoms with Crippen LogP contribution in [0, 0.1) is 45.3 Å². The molecule has 0 aromatic carbocycles. The quantitative estimate of drug-likeness (QED) is 0.0961. The summed E-state index contributed by atoms with van der Waals surface area (Å²) in [6.45, 7) is 15.1. The molecule has 0 bridgehead atoms. The lowest BCUT2D eigenvalue weighted by atomic mass is 9.43. The third-order valence-electron chi connectivity index (χ3n) is 19.0. The molecule has 3 saturated heterocycles. The molecule has 68 heavy (non-hydrogen) atoms. The van der Waals surface area contributed by atoms with Crippen molar-refractivity contribution in [1.29, 1.82) is 0 Å². The fourth-order valence-corrected chi connectivity index (χ4v) is 14.4. The van der Waals surface area contributed by atoms with E-state index in [0.29, 0.717) is 32.1 Å². The maximum Gasteiger partial charge on any atom is 0.187 e. The van der Waals surface area contributed by atoms with E-state index in [9.17, 15) is 66.4 Å². The van der Waals surface area contributed by atoms with Crippen LogP contribution in [-0.4, -0.2) is 202 Å². The van der Waals surface area contributed by atoms with Crippen LogP contribution in [0.4, 0.5) is 0 Å². The fourth-order valence-electron chi connectivity index (χ4n) is 14.4. The Morgan fingerprint density at radius 2 is 1.22 bits per heavy atom. The average Bonchev–Trinajstić information content (AvgIpc) is 3.52. The number of fused-ring (bicyclic) bond motifs is 5. The lowest BCUT2D eigenvalue weighted by molar-refractivity contribution is -0.341. The molecule has 3 aliphatic heterocycles. The van der Waals surface area contributed by atoms with Gasteiger partial charge in [0.2, 0.25) is 0 Å². The summed E-state index contributed by atoms with van der Waals surface area (Å²) >= 11 is 0. The highest BCUT2D eigenvalue weighted by atomic mass is 16.7. The highest BCUT2D eigenvalue weighted by molar-refractivity contribution is 5.30. The molecule has 13 N–H and O–H groups in total. The molecule has 19 heteroatoms. The summed E-state index contributed by atoms with van der Waals surface area (Å²) in [5.41, 5.74) is -1.31. The molecule has 3 heterocycles. The van der Waals surface area contributed by atoms with Crippen molar-refractivity contribution in [1.82, 2.24) is 0 Å². The van der Waals surface area contributed by atoms with Crippen molar-refractivity contribution in [2.24, 2.45) is 45.3 Å². The number of rotatable bonds is 14. The molecular weight excluding hydrogens is 893 g/mol. The number of aliphatic hydroxyl groups excluding tert-OH is 12. The maximum absolute atomic E-state index is 12.1. The van der Waals surface area contributed by atoms with Crippen LogP contribution >= 0.6 is 0 Å². The van der Waals surface area contributed by atoms with Gasteiger partial charge in [-0.25, -0.2) is 0 Å². The van der Waals surface area contributed by atoms with Crippen molar-refractivity contribution in [3.05, 3.63) is 11.6 Å². The number of ether oxygens (including phenoxy) is 6. The lowest BCUT2D eigenvalue weighted by Crippen LogP contribution is -2.62. The minimum atomic E-state index is -1.75. The lowest BCUT2D eigenvalue weighted by Gasteiger charge is -2.62. The first kappa shape index (κ1) is 54.7. The highest BCUT2D eigenvalue weighted by Gasteiger charge is 2.68. The molecule has 19 nitrogen and oxygen atoms in total. The Morgan fingerprint density at radius 1 is 0.676 bits per heavy atom. The van der Waals surface area contributed by atoms with E-state index in [4.69, 9.17) is 28.4 Å². The van der Waals surface area contributed by atoms with Crippen LogP contribution < -0.4 is 0 Å². The van der Waals surface area contributed by atoms with Crippen LogP contribution in [-0.2, 0) is 28.4 Å². The van der Waals surface area contributed by atoms with Gasteiger partial charge in [0.05, 0.1) is 43.7 Å². The van der Waals surface area contributed by atoms with Crippen LogP contribution in [0.5, 0.6) is 0 Å². The van der Waals surface area contributed by atoms with E-state index in [0.717, 1.165) is 25.7 Å². The SMILES string of the molecule is C[C@H](CC[C@@H](O[C@@H]1O[C@H](CO[C@@H]2O[C@H](CO)[C@@H](O)[C@H](O)[C@H]2O)[C@@H](O)[C@H](O)[C@H]1O)C(C)(C)O)[C@H]1CC[C@]2(C)[C@]1(C)CC(O)C[C@@H]1[C@@H]3CC[C@H](O[C@@H]4O[C@H](CO)[C@@H](O)[C@H](O)[C@H]4O)C(C)(C)C3=CC[C@]12C. The molecule has 394 valence electrons. The first-order valence-corrected chi connectivity index (χ1v) is 25.0. The van der Waals surface area contributed by atoms with Gasteiger partial charge in [-0.1, -0.05) is 53.2 Å². The largest absolute Gasteiger partial charge is 0.394 e. The van der Waals surface area contributed by atoms with Gasteiger partial charge in [0.15, 0.2) is 18.9 Å². The summed E-state index contributed by atoms with van der Waals surface area (Å²) in [7, 11) is 0. The summed E-state index contributed by atoms with van der Waals surface area (Å²) in [6, 6.07) is 0.